The van der Waals surface area contributed by atoms with Crippen molar-refractivity contribution in [2.75, 3.05) is 12.4 Å². The number of hydrogen-bond acceptors (Lipinski definition) is 7. The van der Waals surface area contributed by atoms with Crippen molar-refractivity contribution in [2.45, 2.75) is 11.6 Å². The maximum atomic E-state index is 12.4. The van der Waals surface area contributed by atoms with Crippen LogP contribution in [-0.2, 0) is 0 Å². The molecule has 0 aliphatic rings. The topological polar surface area (TPSA) is 116 Å². The number of nitrogens with zero attached hydrogens (tertiary/aromatic N) is 4. The van der Waals surface area contributed by atoms with Gasteiger partial charge in [-0.2, -0.15) is 5.10 Å². The van der Waals surface area contributed by atoms with Crippen molar-refractivity contribution in [3.63, 3.8) is 0 Å². The van der Waals surface area contributed by atoms with Gasteiger partial charge in [0.15, 0.2) is 10.8 Å². The van der Waals surface area contributed by atoms with Gasteiger partial charge in [-0.3, -0.25) is 14.9 Å². The van der Waals surface area contributed by atoms with E-state index in [0.717, 1.165) is 5.69 Å². The Morgan fingerprint density at radius 3 is 2.63 bits per heavy atom. The van der Waals surface area contributed by atoms with Crippen LogP contribution in [-0.4, -0.2) is 37.0 Å². The van der Waals surface area contributed by atoms with Crippen molar-refractivity contribution >= 4 is 28.5 Å². The van der Waals surface area contributed by atoms with Crippen molar-refractivity contribution in [2.24, 2.45) is 0 Å². The highest BCUT2D eigenvalue weighted by Gasteiger charge is 2.11. The summed E-state index contributed by atoms with van der Waals surface area (Å²) in [6, 6.07) is 15.5. The zero-order valence-corrected chi connectivity index (χ0v) is 16.5. The number of nitro benzene ring substituents is 1. The quantitative estimate of drug-likeness (QED) is 0.151. The lowest BCUT2D eigenvalue weighted by atomic mass is 10.3. The largest absolute Gasteiger partial charge is 0.494 e. The molecule has 30 heavy (non-hydrogen) atoms. The summed E-state index contributed by atoms with van der Waals surface area (Å²) in [4.78, 5) is 29.9. The summed E-state index contributed by atoms with van der Waals surface area (Å²) < 4.78 is 7.24. The molecule has 1 N–H and O–H groups in total. The summed E-state index contributed by atoms with van der Waals surface area (Å²) in [6.45, 7) is 0.444. The summed E-state index contributed by atoms with van der Waals surface area (Å²) >= 11 is 1.42. The Labute approximate surface area is 174 Å². The van der Waals surface area contributed by atoms with Gasteiger partial charge in [0, 0.05) is 17.9 Å². The first-order chi connectivity index (χ1) is 14.6. The van der Waals surface area contributed by atoms with Crippen LogP contribution in [0.15, 0.2) is 70.7 Å². The van der Waals surface area contributed by atoms with E-state index in [1.807, 2.05) is 30.3 Å². The minimum atomic E-state index is -0.450. The zero-order valence-electron chi connectivity index (χ0n) is 15.7. The van der Waals surface area contributed by atoms with Gasteiger partial charge in [0.2, 0.25) is 0 Å². The standard InChI is InChI=1S/C20H17N5O4S/c26-19-17-13-21-24(14-5-2-1-3-6-14)18(17)22-20(23-19)30-12-4-11-29-16-9-7-15(8-10-16)25(27)28/h1-3,5-10,13H,4,11-12H2,(H,22,23,26). The molecule has 0 bridgehead atoms. The van der Waals surface area contributed by atoms with Gasteiger partial charge in [0.1, 0.15) is 11.1 Å². The summed E-state index contributed by atoms with van der Waals surface area (Å²) in [5.74, 6) is 1.26. The third-order valence-electron chi connectivity index (χ3n) is 4.26. The van der Waals surface area contributed by atoms with E-state index in [-0.39, 0.29) is 11.2 Å². The van der Waals surface area contributed by atoms with Crippen LogP contribution >= 0.6 is 11.8 Å². The van der Waals surface area contributed by atoms with Crippen LogP contribution < -0.4 is 10.3 Å². The number of para-hydroxylation sites is 1. The Kier molecular flexibility index (Phi) is 5.75. The van der Waals surface area contributed by atoms with Gasteiger partial charge < -0.3 is 9.72 Å². The lowest BCUT2D eigenvalue weighted by molar-refractivity contribution is -0.384. The van der Waals surface area contributed by atoms with Crippen LogP contribution in [0.25, 0.3) is 16.7 Å². The molecule has 2 aromatic carbocycles. The first-order valence-electron chi connectivity index (χ1n) is 9.15. The average molecular weight is 423 g/mol. The Balaban J connectivity index is 1.37. The predicted molar refractivity (Wildman–Crippen MR) is 113 cm³/mol. The molecule has 0 unspecified atom stereocenters. The second kappa shape index (κ2) is 8.78. The Hall–Kier alpha value is -3.66. The van der Waals surface area contributed by atoms with Crippen molar-refractivity contribution < 1.29 is 9.66 Å². The smallest absolute Gasteiger partial charge is 0.269 e. The minimum absolute atomic E-state index is 0.0260. The van der Waals surface area contributed by atoms with Crippen molar-refractivity contribution in [3.8, 4) is 11.4 Å². The number of aromatic nitrogens is 4. The van der Waals surface area contributed by atoms with Gasteiger partial charge in [-0.1, -0.05) is 30.0 Å². The second-order valence-corrected chi connectivity index (χ2v) is 7.39. The Morgan fingerprint density at radius 2 is 1.90 bits per heavy atom. The van der Waals surface area contributed by atoms with Gasteiger partial charge in [0.25, 0.3) is 11.2 Å². The molecule has 0 atom stereocenters. The number of fused-ring (bicyclic) bond motifs is 1. The zero-order chi connectivity index (χ0) is 20.9. The maximum absolute atomic E-state index is 12.4. The molecule has 0 saturated heterocycles. The molecule has 0 fully saturated rings. The lowest BCUT2D eigenvalue weighted by Crippen LogP contribution is -2.10. The van der Waals surface area contributed by atoms with E-state index in [9.17, 15) is 14.9 Å². The summed E-state index contributed by atoms with van der Waals surface area (Å²) in [5.41, 5.74) is 1.14. The van der Waals surface area contributed by atoms with Crippen LogP contribution in [0.1, 0.15) is 6.42 Å². The summed E-state index contributed by atoms with van der Waals surface area (Å²) in [6.07, 6.45) is 2.22. The van der Waals surface area contributed by atoms with Gasteiger partial charge in [-0.05, 0) is 30.7 Å². The normalized spacial score (nSPS) is 10.9. The van der Waals surface area contributed by atoms with Crippen LogP contribution in [0.2, 0.25) is 0 Å². The Morgan fingerprint density at radius 1 is 1.13 bits per heavy atom. The maximum Gasteiger partial charge on any atom is 0.269 e. The molecule has 152 valence electrons. The van der Waals surface area contributed by atoms with Crippen molar-refractivity contribution in [3.05, 3.63) is 81.3 Å². The average Bonchev–Trinajstić information content (AvgIpc) is 3.19. The number of hydrogen-bond donors (Lipinski definition) is 1. The highest BCUT2D eigenvalue weighted by Crippen LogP contribution is 2.20. The molecule has 4 rings (SSSR count). The monoisotopic (exact) mass is 423 g/mol. The number of thioether (sulfide) groups is 1. The first-order valence-corrected chi connectivity index (χ1v) is 10.1. The van der Waals surface area contributed by atoms with E-state index < -0.39 is 4.92 Å². The van der Waals surface area contributed by atoms with Gasteiger partial charge in [-0.25, -0.2) is 9.67 Å². The fraction of sp³-hybridized carbons (Fsp3) is 0.150. The summed E-state index contributed by atoms with van der Waals surface area (Å²) in [5, 5.41) is 15.9. The number of aromatic amines is 1. The van der Waals surface area contributed by atoms with E-state index in [1.54, 1.807) is 16.8 Å². The number of non-ortho nitro benzene ring substituents is 1. The van der Waals surface area contributed by atoms with Gasteiger partial charge in [0.05, 0.1) is 23.4 Å². The molecule has 2 heterocycles. The van der Waals surface area contributed by atoms with Gasteiger partial charge in [-0.15, -0.1) is 0 Å². The van der Waals surface area contributed by atoms with Crippen LogP contribution in [0.3, 0.4) is 0 Å². The van der Waals surface area contributed by atoms with Gasteiger partial charge >= 0.3 is 0 Å². The summed E-state index contributed by atoms with van der Waals surface area (Å²) in [7, 11) is 0. The fourth-order valence-electron chi connectivity index (χ4n) is 2.81. The molecule has 9 nitrogen and oxygen atoms in total. The number of nitro groups is 1. The minimum Gasteiger partial charge on any atom is -0.494 e. The molecule has 2 aromatic heterocycles. The van der Waals surface area contributed by atoms with E-state index in [1.165, 1.54) is 30.1 Å². The molecular formula is C20H17N5O4S. The van der Waals surface area contributed by atoms with E-state index >= 15 is 0 Å². The van der Waals surface area contributed by atoms with Crippen molar-refractivity contribution in [1.82, 2.24) is 19.7 Å². The third kappa shape index (κ3) is 4.33. The second-order valence-electron chi connectivity index (χ2n) is 6.30. The molecule has 0 aliphatic carbocycles. The molecule has 0 amide bonds. The van der Waals surface area contributed by atoms with E-state index in [0.29, 0.717) is 40.7 Å². The SMILES string of the molecule is O=c1[nH]c(SCCCOc2ccc([N+](=O)[O-])cc2)nc2c1cnn2-c1ccccc1. The van der Waals surface area contributed by atoms with Crippen LogP contribution in [0.4, 0.5) is 5.69 Å². The van der Waals surface area contributed by atoms with E-state index in [2.05, 4.69) is 15.1 Å². The highest BCUT2D eigenvalue weighted by atomic mass is 32.2. The number of rotatable bonds is 8. The number of benzene rings is 2. The Bertz CT molecular complexity index is 1220. The molecule has 4 aromatic rings. The number of H-pyrrole nitrogens is 1. The molecule has 0 radical (unpaired) electrons. The predicted octanol–water partition coefficient (Wildman–Crippen LogP) is 3.58. The molecule has 10 heteroatoms. The van der Waals surface area contributed by atoms with E-state index in [4.69, 9.17) is 4.74 Å². The van der Waals surface area contributed by atoms with Crippen LogP contribution in [0, 0.1) is 10.1 Å². The number of ether oxygens (including phenoxy) is 1. The third-order valence-corrected chi connectivity index (χ3v) is 5.22. The molecule has 0 spiro atoms. The first kappa shape index (κ1) is 19.6. The van der Waals surface area contributed by atoms with Crippen molar-refractivity contribution in [1.29, 1.82) is 0 Å². The fourth-order valence-corrected chi connectivity index (χ4v) is 3.58. The van der Waals surface area contributed by atoms with Crippen LogP contribution in [0.5, 0.6) is 5.75 Å². The molecule has 0 aliphatic heterocycles. The lowest BCUT2D eigenvalue weighted by Gasteiger charge is -2.06. The number of nitrogens with one attached hydrogen (secondary N) is 1. The highest BCUT2D eigenvalue weighted by molar-refractivity contribution is 7.99. The molecule has 0 saturated carbocycles. The molecular weight excluding hydrogens is 406 g/mol.